The molecule has 2 aliphatic rings. The zero-order chi connectivity index (χ0) is 11.3. The molecule has 0 aromatic rings. The van der Waals surface area contributed by atoms with E-state index in [2.05, 4.69) is 19.9 Å². The van der Waals surface area contributed by atoms with Crippen LogP contribution < -0.4 is 0 Å². The van der Waals surface area contributed by atoms with Gasteiger partial charge in [-0.3, -0.25) is 4.79 Å². The summed E-state index contributed by atoms with van der Waals surface area (Å²) in [5, 5.41) is 0. The van der Waals surface area contributed by atoms with Gasteiger partial charge in [0.15, 0.2) is 11.4 Å². The van der Waals surface area contributed by atoms with Crippen molar-refractivity contribution < 1.29 is 9.53 Å². The van der Waals surface area contributed by atoms with Gasteiger partial charge in [0.1, 0.15) is 5.60 Å². The minimum atomic E-state index is -0.624. The van der Waals surface area contributed by atoms with E-state index in [1.54, 1.807) is 12.2 Å². The maximum Gasteiger partial charge on any atom is 0.191 e. The van der Waals surface area contributed by atoms with Gasteiger partial charge in [-0.05, 0) is 26.3 Å². The number of hydrogen-bond donors (Lipinski definition) is 0. The predicted molar refractivity (Wildman–Crippen MR) is 59.6 cm³/mol. The van der Waals surface area contributed by atoms with Crippen LogP contribution in [-0.2, 0) is 9.53 Å². The number of allylic oxidation sites excluding steroid dienone is 2. The summed E-state index contributed by atoms with van der Waals surface area (Å²) in [5.74, 6) is 0.0989. The highest BCUT2D eigenvalue weighted by atomic mass is 16.6. The number of ketones is 1. The van der Waals surface area contributed by atoms with Crippen molar-refractivity contribution in [3.63, 3.8) is 0 Å². The Morgan fingerprint density at radius 2 is 2.07 bits per heavy atom. The van der Waals surface area contributed by atoms with Crippen molar-refractivity contribution in [1.29, 1.82) is 0 Å². The molecule has 0 N–H and O–H groups in total. The summed E-state index contributed by atoms with van der Waals surface area (Å²) in [6.07, 6.45) is 8.46. The summed E-state index contributed by atoms with van der Waals surface area (Å²) < 4.78 is 5.79. The van der Waals surface area contributed by atoms with E-state index in [0.29, 0.717) is 0 Å². The molecule has 2 unspecified atom stereocenters. The van der Waals surface area contributed by atoms with Crippen LogP contribution in [0.5, 0.6) is 0 Å². The van der Waals surface area contributed by atoms with Crippen LogP contribution in [0.4, 0.5) is 0 Å². The Labute approximate surface area is 91.0 Å². The Balaban J connectivity index is 2.44. The third-order valence-corrected chi connectivity index (χ3v) is 3.70. The van der Waals surface area contributed by atoms with Crippen LogP contribution >= 0.6 is 0 Å². The van der Waals surface area contributed by atoms with Crippen molar-refractivity contribution in [2.75, 3.05) is 0 Å². The fourth-order valence-corrected chi connectivity index (χ4v) is 2.87. The van der Waals surface area contributed by atoms with Crippen LogP contribution in [0, 0.1) is 5.41 Å². The lowest BCUT2D eigenvalue weighted by molar-refractivity contribution is -0.123. The van der Waals surface area contributed by atoms with E-state index in [1.807, 2.05) is 19.9 Å². The van der Waals surface area contributed by atoms with Crippen molar-refractivity contribution in [2.24, 2.45) is 5.41 Å². The molecule has 2 rings (SSSR count). The molecule has 0 aromatic heterocycles. The van der Waals surface area contributed by atoms with Gasteiger partial charge in [0.25, 0.3) is 0 Å². The van der Waals surface area contributed by atoms with E-state index in [-0.39, 0.29) is 16.8 Å². The van der Waals surface area contributed by atoms with Crippen molar-refractivity contribution in [1.82, 2.24) is 0 Å². The van der Waals surface area contributed by atoms with Gasteiger partial charge >= 0.3 is 0 Å². The summed E-state index contributed by atoms with van der Waals surface area (Å²) >= 11 is 0. The van der Waals surface area contributed by atoms with Crippen molar-refractivity contribution in [3.8, 4) is 0 Å². The van der Waals surface area contributed by atoms with Gasteiger partial charge < -0.3 is 4.74 Å². The lowest BCUT2D eigenvalue weighted by Gasteiger charge is -2.33. The van der Waals surface area contributed by atoms with Crippen LogP contribution in [-0.4, -0.2) is 17.0 Å². The van der Waals surface area contributed by atoms with Gasteiger partial charge in [0.2, 0.25) is 0 Å². The predicted octanol–water partition coefficient (Wildman–Crippen LogP) is 2.65. The number of epoxide rings is 1. The summed E-state index contributed by atoms with van der Waals surface area (Å²) in [5.41, 5.74) is -1.13. The first-order valence-electron chi connectivity index (χ1n) is 5.45. The Kier molecular flexibility index (Phi) is 2.00. The zero-order valence-electron chi connectivity index (χ0n) is 9.83. The highest BCUT2D eigenvalue weighted by Crippen LogP contribution is 2.63. The molecule has 0 spiro atoms. The summed E-state index contributed by atoms with van der Waals surface area (Å²) in [4.78, 5) is 12.1. The monoisotopic (exact) mass is 206 g/mol. The first-order valence-corrected chi connectivity index (χ1v) is 5.45. The molecule has 1 aliphatic carbocycles. The Morgan fingerprint density at radius 1 is 1.40 bits per heavy atom. The highest BCUT2D eigenvalue weighted by Gasteiger charge is 2.76. The zero-order valence-corrected chi connectivity index (χ0v) is 9.83. The molecule has 1 saturated heterocycles. The Hall–Kier alpha value is -0.890. The van der Waals surface area contributed by atoms with E-state index in [1.165, 1.54) is 0 Å². The van der Waals surface area contributed by atoms with Crippen LogP contribution in [0.2, 0.25) is 0 Å². The molecule has 1 aliphatic heterocycles. The normalized spacial score (nSPS) is 41.6. The Bertz CT molecular complexity index is 365. The van der Waals surface area contributed by atoms with Crippen LogP contribution in [0.15, 0.2) is 24.3 Å². The SMILES string of the molecule is C/C=C/C(=O)C12OC1(C)C=CCC2(C)C. The molecule has 0 radical (unpaired) electrons. The average molecular weight is 206 g/mol. The highest BCUT2D eigenvalue weighted by molar-refractivity contribution is 6.02. The van der Waals surface area contributed by atoms with Gasteiger partial charge in [-0.2, -0.15) is 0 Å². The van der Waals surface area contributed by atoms with E-state index in [4.69, 9.17) is 4.74 Å². The minimum absolute atomic E-state index is 0.0989. The summed E-state index contributed by atoms with van der Waals surface area (Å²) in [6, 6.07) is 0. The number of fused-ring (bicyclic) bond motifs is 1. The quantitative estimate of drug-likeness (QED) is 0.395. The van der Waals surface area contributed by atoms with Gasteiger partial charge in [-0.25, -0.2) is 0 Å². The topological polar surface area (TPSA) is 29.6 Å². The number of carbonyl (C=O) groups is 1. The molecule has 1 fully saturated rings. The van der Waals surface area contributed by atoms with Gasteiger partial charge in [0.05, 0.1) is 0 Å². The number of ether oxygens (including phenoxy) is 1. The third kappa shape index (κ3) is 1.11. The maximum atomic E-state index is 12.1. The smallest absolute Gasteiger partial charge is 0.191 e. The standard InChI is InChI=1S/C13H18O2/c1-5-7-10(14)13-11(2,3)8-6-9-12(13,4)15-13/h5-7,9H,8H2,1-4H3/b7-5+. The molecule has 2 nitrogen and oxygen atoms in total. The van der Waals surface area contributed by atoms with Crippen LogP contribution in [0.3, 0.4) is 0 Å². The van der Waals surface area contributed by atoms with E-state index >= 15 is 0 Å². The Morgan fingerprint density at radius 3 is 2.60 bits per heavy atom. The molecule has 2 atom stereocenters. The first kappa shape index (κ1) is 10.6. The molecule has 0 amide bonds. The molecule has 0 saturated carbocycles. The number of hydrogen-bond acceptors (Lipinski definition) is 2. The van der Waals surface area contributed by atoms with E-state index in [0.717, 1.165) is 6.42 Å². The van der Waals surface area contributed by atoms with E-state index in [9.17, 15) is 4.79 Å². The fraction of sp³-hybridized carbons (Fsp3) is 0.615. The second-order valence-corrected chi connectivity index (χ2v) is 5.24. The molecule has 0 aromatic carbocycles. The van der Waals surface area contributed by atoms with Crippen molar-refractivity contribution >= 4 is 5.78 Å². The average Bonchev–Trinajstić information content (AvgIpc) is 2.75. The molecule has 2 heteroatoms. The third-order valence-electron chi connectivity index (χ3n) is 3.70. The number of carbonyl (C=O) groups excluding carboxylic acids is 1. The molecular formula is C13H18O2. The lowest BCUT2D eigenvalue weighted by Crippen LogP contribution is -2.46. The van der Waals surface area contributed by atoms with Crippen molar-refractivity contribution in [2.45, 2.75) is 45.3 Å². The van der Waals surface area contributed by atoms with Gasteiger partial charge in [-0.1, -0.05) is 32.1 Å². The lowest BCUT2D eigenvalue weighted by atomic mass is 9.65. The van der Waals surface area contributed by atoms with Crippen LogP contribution in [0.25, 0.3) is 0 Å². The fourth-order valence-electron chi connectivity index (χ4n) is 2.87. The molecule has 15 heavy (non-hydrogen) atoms. The molecular weight excluding hydrogens is 188 g/mol. The van der Waals surface area contributed by atoms with E-state index < -0.39 is 5.60 Å². The first-order chi connectivity index (χ1) is 6.90. The maximum absolute atomic E-state index is 12.1. The summed E-state index contributed by atoms with van der Waals surface area (Å²) in [7, 11) is 0. The van der Waals surface area contributed by atoms with Crippen LogP contribution in [0.1, 0.15) is 34.1 Å². The van der Waals surface area contributed by atoms with Gasteiger partial charge in [0, 0.05) is 5.41 Å². The second kappa shape index (κ2) is 2.82. The molecule has 82 valence electrons. The minimum Gasteiger partial charge on any atom is -0.349 e. The molecule has 0 bridgehead atoms. The number of rotatable bonds is 2. The van der Waals surface area contributed by atoms with Gasteiger partial charge in [-0.15, -0.1) is 0 Å². The molecule has 1 heterocycles. The summed E-state index contributed by atoms with van der Waals surface area (Å²) in [6.45, 7) is 8.05. The van der Waals surface area contributed by atoms with Crippen molar-refractivity contribution in [3.05, 3.63) is 24.3 Å². The second-order valence-electron chi connectivity index (χ2n) is 5.24. The largest absolute Gasteiger partial charge is 0.349 e.